The van der Waals surface area contributed by atoms with Crippen molar-refractivity contribution in [2.24, 2.45) is 0 Å². The van der Waals surface area contributed by atoms with Crippen molar-refractivity contribution in [3.05, 3.63) is 47.4 Å². The largest absolute Gasteiger partial charge is 0.468 e. The van der Waals surface area contributed by atoms with Crippen LogP contribution in [0.3, 0.4) is 0 Å². The van der Waals surface area contributed by atoms with E-state index < -0.39 is 5.91 Å². The molecule has 1 aliphatic rings. The molecular formula is C16H15N3O4. The van der Waals surface area contributed by atoms with Crippen LogP contribution in [0.5, 0.6) is 0 Å². The average Bonchev–Trinajstić information content (AvgIpc) is 2.94. The Hall–Kier alpha value is -3.09. The molecule has 0 unspecified atom stereocenters. The van der Waals surface area contributed by atoms with Gasteiger partial charge in [0.1, 0.15) is 12.0 Å². The van der Waals surface area contributed by atoms with Gasteiger partial charge in [-0.3, -0.25) is 14.4 Å². The van der Waals surface area contributed by atoms with Gasteiger partial charge in [0.2, 0.25) is 5.91 Å². The molecule has 1 aromatic carbocycles. The summed E-state index contributed by atoms with van der Waals surface area (Å²) in [4.78, 5) is 35.2. The fourth-order valence-electron chi connectivity index (χ4n) is 2.41. The summed E-state index contributed by atoms with van der Waals surface area (Å²) in [7, 11) is 0. The highest BCUT2D eigenvalue weighted by molar-refractivity contribution is 6.12. The zero-order valence-corrected chi connectivity index (χ0v) is 12.4. The van der Waals surface area contributed by atoms with Gasteiger partial charge in [-0.1, -0.05) is 0 Å². The molecule has 7 nitrogen and oxygen atoms in total. The topological polar surface area (TPSA) is 100 Å². The summed E-state index contributed by atoms with van der Waals surface area (Å²) >= 11 is 0. The Morgan fingerprint density at radius 2 is 1.78 bits per heavy atom. The maximum absolute atomic E-state index is 12.3. The number of rotatable bonds is 3. The number of carbonyl (C=O) groups is 3. The van der Waals surface area contributed by atoms with Gasteiger partial charge in [0, 0.05) is 31.3 Å². The zero-order valence-electron chi connectivity index (χ0n) is 12.4. The molecule has 0 bridgehead atoms. The van der Waals surface area contributed by atoms with Gasteiger partial charge in [0.05, 0.1) is 11.1 Å². The number of nitrogens with one attached hydrogen (secondary N) is 3. The predicted octanol–water partition coefficient (Wildman–Crippen LogP) is 1.78. The van der Waals surface area contributed by atoms with E-state index in [1.807, 2.05) is 0 Å². The van der Waals surface area contributed by atoms with Crippen LogP contribution in [0.4, 0.5) is 11.4 Å². The van der Waals surface area contributed by atoms with Gasteiger partial charge in [-0.05, 0) is 24.3 Å². The summed E-state index contributed by atoms with van der Waals surface area (Å²) in [6.45, 7) is 1.92. The summed E-state index contributed by atoms with van der Waals surface area (Å²) in [5, 5.41) is 8.03. The van der Waals surface area contributed by atoms with Gasteiger partial charge in [-0.25, -0.2) is 0 Å². The third-order valence-corrected chi connectivity index (χ3v) is 3.44. The average molecular weight is 313 g/mol. The van der Waals surface area contributed by atoms with Crippen molar-refractivity contribution < 1.29 is 18.8 Å². The highest BCUT2D eigenvalue weighted by Gasteiger charge is 2.27. The Morgan fingerprint density at radius 1 is 1.13 bits per heavy atom. The number of hydrogen-bond donors (Lipinski definition) is 3. The molecule has 1 aliphatic heterocycles. The first-order valence-electron chi connectivity index (χ1n) is 7.12. The first kappa shape index (κ1) is 14.8. The Morgan fingerprint density at radius 3 is 2.43 bits per heavy atom. The molecule has 7 heteroatoms. The molecule has 3 amide bonds. The maximum atomic E-state index is 12.3. The van der Waals surface area contributed by atoms with Crippen molar-refractivity contribution in [1.82, 2.24) is 5.32 Å². The van der Waals surface area contributed by atoms with Crippen LogP contribution in [0, 0.1) is 0 Å². The van der Waals surface area contributed by atoms with Gasteiger partial charge in [0.15, 0.2) is 0 Å². The minimum atomic E-state index is -0.417. The highest BCUT2D eigenvalue weighted by Crippen LogP contribution is 2.22. The minimum Gasteiger partial charge on any atom is -0.468 e. The van der Waals surface area contributed by atoms with Crippen molar-refractivity contribution in [2.45, 2.75) is 13.3 Å². The lowest BCUT2D eigenvalue weighted by Gasteiger charge is -2.12. The van der Waals surface area contributed by atoms with Gasteiger partial charge in [-0.2, -0.15) is 0 Å². The highest BCUT2D eigenvalue weighted by atomic mass is 16.3. The Balaban J connectivity index is 1.76. The van der Waals surface area contributed by atoms with E-state index in [2.05, 4.69) is 16.0 Å². The van der Waals surface area contributed by atoms with Gasteiger partial charge < -0.3 is 20.4 Å². The first-order valence-corrected chi connectivity index (χ1v) is 7.12. The lowest BCUT2D eigenvalue weighted by molar-refractivity contribution is -0.114. The van der Waals surface area contributed by atoms with Crippen molar-refractivity contribution in [2.75, 3.05) is 17.2 Å². The van der Waals surface area contributed by atoms with Gasteiger partial charge in [-0.15, -0.1) is 0 Å². The number of amides is 3. The fourth-order valence-corrected chi connectivity index (χ4v) is 2.41. The molecule has 0 atom stereocenters. The second-order valence-electron chi connectivity index (χ2n) is 5.17. The van der Waals surface area contributed by atoms with Crippen molar-refractivity contribution in [3.63, 3.8) is 0 Å². The number of fused-ring (bicyclic) bond motifs is 1. The number of furan rings is 1. The van der Waals surface area contributed by atoms with E-state index in [-0.39, 0.29) is 17.4 Å². The smallest absolute Gasteiger partial charge is 0.259 e. The van der Waals surface area contributed by atoms with Crippen LogP contribution < -0.4 is 16.0 Å². The number of carbonyl (C=O) groups excluding carboxylic acids is 3. The summed E-state index contributed by atoms with van der Waals surface area (Å²) in [5.41, 5.74) is 1.69. The molecule has 0 fully saturated rings. The van der Waals surface area contributed by atoms with Crippen LogP contribution in [-0.4, -0.2) is 24.3 Å². The van der Waals surface area contributed by atoms with E-state index in [9.17, 15) is 14.4 Å². The van der Waals surface area contributed by atoms with E-state index in [0.29, 0.717) is 35.7 Å². The van der Waals surface area contributed by atoms with Crippen LogP contribution in [0.1, 0.15) is 33.4 Å². The van der Waals surface area contributed by atoms with Crippen LogP contribution in [0.25, 0.3) is 0 Å². The van der Waals surface area contributed by atoms with Crippen molar-refractivity contribution >= 4 is 29.1 Å². The molecule has 3 rings (SSSR count). The van der Waals surface area contributed by atoms with Crippen molar-refractivity contribution in [3.8, 4) is 0 Å². The fraction of sp³-hybridized carbons (Fsp3) is 0.188. The summed E-state index contributed by atoms with van der Waals surface area (Å²) < 4.78 is 5.31. The van der Waals surface area contributed by atoms with Crippen LogP contribution in [-0.2, 0) is 11.2 Å². The van der Waals surface area contributed by atoms with E-state index in [0.717, 1.165) is 0 Å². The summed E-state index contributed by atoms with van der Waals surface area (Å²) in [6, 6.07) is 6.68. The Bertz CT molecular complexity index is 777. The normalized spacial score (nSPS) is 13.0. The van der Waals surface area contributed by atoms with Gasteiger partial charge >= 0.3 is 0 Å². The summed E-state index contributed by atoms with van der Waals surface area (Å²) in [5.74, 6) is -0.358. The van der Waals surface area contributed by atoms with E-state index in [1.54, 1.807) is 24.3 Å². The molecule has 0 spiro atoms. The lowest BCUT2D eigenvalue weighted by Crippen LogP contribution is -2.32. The molecule has 118 valence electrons. The lowest BCUT2D eigenvalue weighted by atomic mass is 10.0. The van der Waals surface area contributed by atoms with E-state index in [4.69, 9.17) is 4.42 Å². The standard InChI is InChI=1S/C16H15N3O4/c1-9(20)18-10-2-4-11(5-3-10)19-15(21)12-8-23-13-6-7-17-16(22)14(12)13/h2-5,8H,6-7H2,1H3,(H,17,22)(H,18,20)(H,19,21). The number of benzene rings is 1. The van der Waals surface area contributed by atoms with Crippen molar-refractivity contribution in [1.29, 1.82) is 0 Å². The SMILES string of the molecule is CC(=O)Nc1ccc(NC(=O)c2coc3c2C(=O)NCC3)cc1. The molecule has 0 saturated heterocycles. The van der Waals surface area contributed by atoms with Crippen LogP contribution in [0.15, 0.2) is 34.9 Å². The first-order chi connectivity index (χ1) is 11.0. The Labute approximate surface area is 132 Å². The predicted molar refractivity (Wildman–Crippen MR) is 83.4 cm³/mol. The molecule has 2 heterocycles. The second-order valence-corrected chi connectivity index (χ2v) is 5.17. The molecule has 0 saturated carbocycles. The maximum Gasteiger partial charge on any atom is 0.259 e. The summed E-state index contributed by atoms with van der Waals surface area (Å²) in [6.07, 6.45) is 1.87. The van der Waals surface area contributed by atoms with Gasteiger partial charge in [0.25, 0.3) is 11.8 Å². The zero-order chi connectivity index (χ0) is 16.4. The molecule has 0 aliphatic carbocycles. The van der Waals surface area contributed by atoms with E-state index >= 15 is 0 Å². The molecular weight excluding hydrogens is 298 g/mol. The number of hydrogen-bond acceptors (Lipinski definition) is 4. The third kappa shape index (κ3) is 3.08. The molecule has 1 aromatic heterocycles. The van der Waals surface area contributed by atoms with Crippen LogP contribution in [0.2, 0.25) is 0 Å². The van der Waals surface area contributed by atoms with Crippen LogP contribution >= 0.6 is 0 Å². The molecule has 23 heavy (non-hydrogen) atoms. The monoisotopic (exact) mass is 313 g/mol. The molecule has 3 N–H and O–H groups in total. The quantitative estimate of drug-likeness (QED) is 0.804. The molecule has 2 aromatic rings. The second kappa shape index (κ2) is 5.96. The minimum absolute atomic E-state index is 0.169. The number of anilines is 2. The third-order valence-electron chi connectivity index (χ3n) is 3.44. The Kier molecular flexibility index (Phi) is 3.84. The molecule has 0 radical (unpaired) electrons. The van der Waals surface area contributed by atoms with E-state index in [1.165, 1.54) is 13.2 Å².